The van der Waals surface area contributed by atoms with Crippen LogP contribution in [0.25, 0.3) is 0 Å². The van der Waals surface area contributed by atoms with Crippen molar-refractivity contribution in [3.8, 4) is 0 Å². The van der Waals surface area contributed by atoms with Crippen LogP contribution in [0.15, 0.2) is 47.4 Å². The zero-order valence-corrected chi connectivity index (χ0v) is 11.6. The molecule has 3 rings (SSSR count). The number of nitrogen functional groups attached to an aromatic ring is 1. The van der Waals surface area contributed by atoms with Crippen molar-refractivity contribution in [2.75, 3.05) is 16.9 Å². The summed E-state index contributed by atoms with van der Waals surface area (Å²) in [7, 11) is 0. The number of rotatable bonds is 2. The van der Waals surface area contributed by atoms with Gasteiger partial charge in [0.15, 0.2) is 0 Å². The van der Waals surface area contributed by atoms with Crippen molar-refractivity contribution in [2.45, 2.75) is 4.90 Å². The summed E-state index contributed by atoms with van der Waals surface area (Å²) in [5.74, 6) is -0.629. The molecule has 2 N–H and O–H groups in total. The Morgan fingerprint density at radius 2 is 1.60 bits per heavy atom. The molecule has 5 heteroatoms. The van der Waals surface area contributed by atoms with Crippen LogP contribution < -0.4 is 10.6 Å². The molecule has 0 unspecified atom stereocenters. The minimum atomic E-state index is -0.325. The van der Waals surface area contributed by atoms with Gasteiger partial charge in [0, 0.05) is 10.6 Å². The highest BCUT2D eigenvalue weighted by Gasteiger charge is 2.36. The average molecular weight is 284 g/mol. The number of imide groups is 1. The number of hydrogen-bond donors (Lipinski definition) is 1. The topological polar surface area (TPSA) is 63.4 Å². The number of nitrogens with two attached hydrogens (primary N) is 1. The molecule has 0 saturated carbocycles. The lowest BCUT2D eigenvalue weighted by Gasteiger charge is -2.13. The minimum Gasteiger partial charge on any atom is -0.399 e. The van der Waals surface area contributed by atoms with Gasteiger partial charge in [0.25, 0.3) is 11.8 Å². The Kier molecular flexibility index (Phi) is 2.99. The fourth-order valence-corrected chi connectivity index (χ4v) is 2.63. The first-order chi connectivity index (χ1) is 9.61. The fraction of sp³-hybridized carbons (Fsp3) is 0.0667. The van der Waals surface area contributed by atoms with E-state index in [9.17, 15) is 9.59 Å². The van der Waals surface area contributed by atoms with Crippen LogP contribution >= 0.6 is 11.8 Å². The monoisotopic (exact) mass is 284 g/mol. The quantitative estimate of drug-likeness (QED) is 0.523. The van der Waals surface area contributed by atoms with Crippen LogP contribution in [0.1, 0.15) is 20.7 Å². The molecule has 2 aromatic carbocycles. The van der Waals surface area contributed by atoms with Gasteiger partial charge in [-0.2, -0.15) is 0 Å². The Hall–Kier alpha value is -2.27. The number of nitrogens with zero attached hydrogens (tertiary/aromatic N) is 1. The first-order valence-corrected chi connectivity index (χ1v) is 7.26. The number of amides is 2. The third-order valence-corrected chi connectivity index (χ3v) is 3.98. The van der Waals surface area contributed by atoms with E-state index in [0.717, 1.165) is 4.90 Å². The second kappa shape index (κ2) is 4.68. The zero-order valence-electron chi connectivity index (χ0n) is 10.8. The summed E-state index contributed by atoms with van der Waals surface area (Å²) in [5, 5.41) is 0. The van der Waals surface area contributed by atoms with Crippen molar-refractivity contribution in [3.05, 3.63) is 53.6 Å². The van der Waals surface area contributed by atoms with Crippen molar-refractivity contribution >= 4 is 35.0 Å². The van der Waals surface area contributed by atoms with Crippen LogP contribution in [0.2, 0.25) is 0 Å². The van der Waals surface area contributed by atoms with Gasteiger partial charge in [0.2, 0.25) is 0 Å². The molecule has 20 heavy (non-hydrogen) atoms. The summed E-state index contributed by atoms with van der Waals surface area (Å²) >= 11 is 1.61. The van der Waals surface area contributed by atoms with Crippen LogP contribution in [0.4, 0.5) is 11.4 Å². The number of carbonyl (C=O) groups excluding carboxylic acids is 2. The van der Waals surface area contributed by atoms with Crippen LogP contribution in [0.5, 0.6) is 0 Å². The second-order valence-electron chi connectivity index (χ2n) is 4.45. The number of benzene rings is 2. The summed E-state index contributed by atoms with van der Waals surface area (Å²) in [6, 6.07) is 12.1. The maximum atomic E-state index is 12.4. The maximum Gasteiger partial charge on any atom is 0.266 e. The first-order valence-electron chi connectivity index (χ1n) is 6.04. The third kappa shape index (κ3) is 1.87. The van der Waals surface area contributed by atoms with Crippen molar-refractivity contribution in [2.24, 2.45) is 0 Å². The van der Waals surface area contributed by atoms with Crippen molar-refractivity contribution in [1.29, 1.82) is 0 Å². The van der Waals surface area contributed by atoms with E-state index in [1.165, 1.54) is 4.90 Å². The molecule has 0 radical (unpaired) electrons. The highest BCUT2D eigenvalue weighted by Crippen LogP contribution is 2.30. The fourth-order valence-electron chi connectivity index (χ4n) is 2.22. The summed E-state index contributed by atoms with van der Waals surface area (Å²) in [6.07, 6.45) is 1.97. The molecule has 2 aromatic rings. The van der Waals surface area contributed by atoms with Gasteiger partial charge in [-0.05, 0) is 48.7 Å². The van der Waals surface area contributed by atoms with Gasteiger partial charge in [0.1, 0.15) is 0 Å². The highest BCUT2D eigenvalue weighted by molar-refractivity contribution is 7.98. The molecule has 0 saturated heterocycles. The van der Waals surface area contributed by atoms with E-state index in [0.29, 0.717) is 22.5 Å². The lowest BCUT2D eigenvalue weighted by atomic mass is 10.1. The number of carbonyl (C=O) groups is 2. The Bertz CT molecular complexity index is 710. The predicted molar refractivity (Wildman–Crippen MR) is 80.2 cm³/mol. The largest absolute Gasteiger partial charge is 0.399 e. The Labute approximate surface area is 120 Å². The van der Waals surface area contributed by atoms with E-state index >= 15 is 0 Å². The minimum absolute atomic E-state index is 0.304. The number of fused-ring (bicyclic) bond motifs is 1. The smallest absolute Gasteiger partial charge is 0.266 e. The molecule has 1 aliphatic heterocycles. The summed E-state index contributed by atoms with van der Waals surface area (Å²) in [4.78, 5) is 27.0. The lowest BCUT2D eigenvalue weighted by molar-refractivity contribution is 0.0926. The van der Waals surface area contributed by atoms with E-state index < -0.39 is 0 Å². The maximum absolute atomic E-state index is 12.4. The molecule has 1 aliphatic rings. The van der Waals surface area contributed by atoms with Gasteiger partial charge in [-0.15, -0.1) is 11.8 Å². The van der Waals surface area contributed by atoms with Gasteiger partial charge >= 0.3 is 0 Å². The van der Waals surface area contributed by atoms with Gasteiger partial charge in [0.05, 0.1) is 16.8 Å². The molecule has 0 aromatic heterocycles. The van der Waals surface area contributed by atoms with Crippen molar-refractivity contribution in [1.82, 2.24) is 0 Å². The van der Waals surface area contributed by atoms with Crippen LogP contribution in [-0.4, -0.2) is 18.1 Å². The van der Waals surface area contributed by atoms with E-state index in [4.69, 9.17) is 5.73 Å². The van der Waals surface area contributed by atoms with E-state index in [1.807, 2.05) is 18.4 Å². The SMILES string of the molecule is CSc1ccc(N2C(=O)c3ccc(N)cc3C2=O)cc1. The van der Waals surface area contributed by atoms with E-state index in [-0.39, 0.29) is 11.8 Å². The van der Waals surface area contributed by atoms with Gasteiger partial charge in [-0.25, -0.2) is 4.90 Å². The lowest BCUT2D eigenvalue weighted by Crippen LogP contribution is -2.29. The van der Waals surface area contributed by atoms with Gasteiger partial charge in [-0.1, -0.05) is 0 Å². The molecule has 4 nitrogen and oxygen atoms in total. The number of hydrogen-bond acceptors (Lipinski definition) is 4. The molecule has 0 spiro atoms. The normalized spacial score (nSPS) is 13.8. The average Bonchev–Trinajstić information content (AvgIpc) is 2.71. The molecule has 0 atom stereocenters. The van der Waals surface area contributed by atoms with Gasteiger partial charge in [-0.3, -0.25) is 9.59 Å². The molecule has 2 amide bonds. The highest BCUT2D eigenvalue weighted by atomic mass is 32.2. The Morgan fingerprint density at radius 3 is 2.25 bits per heavy atom. The Morgan fingerprint density at radius 1 is 0.950 bits per heavy atom. The van der Waals surface area contributed by atoms with Crippen molar-refractivity contribution < 1.29 is 9.59 Å². The summed E-state index contributed by atoms with van der Waals surface area (Å²) < 4.78 is 0. The van der Waals surface area contributed by atoms with Crippen LogP contribution in [0, 0.1) is 0 Å². The van der Waals surface area contributed by atoms with E-state index in [2.05, 4.69) is 0 Å². The van der Waals surface area contributed by atoms with Crippen molar-refractivity contribution in [3.63, 3.8) is 0 Å². The molecule has 1 heterocycles. The number of anilines is 2. The van der Waals surface area contributed by atoms with Crippen LogP contribution in [-0.2, 0) is 0 Å². The molecular formula is C15H12N2O2S. The standard InChI is InChI=1S/C15H12N2O2S/c1-20-11-5-3-10(4-6-11)17-14(18)12-7-2-9(16)8-13(12)15(17)19/h2-8H,16H2,1H3. The zero-order chi connectivity index (χ0) is 14.3. The molecule has 0 fully saturated rings. The first kappa shape index (κ1) is 12.7. The Balaban J connectivity index is 2.04. The summed E-state index contributed by atoms with van der Waals surface area (Å²) in [5.41, 5.74) is 7.49. The van der Waals surface area contributed by atoms with Crippen LogP contribution in [0.3, 0.4) is 0 Å². The molecular weight excluding hydrogens is 272 g/mol. The number of thioether (sulfide) groups is 1. The second-order valence-corrected chi connectivity index (χ2v) is 5.33. The molecule has 0 bridgehead atoms. The van der Waals surface area contributed by atoms with Gasteiger partial charge < -0.3 is 5.73 Å². The third-order valence-electron chi connectivity index (χ3n) is 3.24. The molecule has 0 aliphatic carbocycles. The molecule has 100 valence electrons. The predicted octanol–water partition coefficient (Wildman–Crippen LogP) is 2.79. The van der Waals surface area contributed by atoms with E-state index in [1.54, 1.807) is 42.1 Å². The summed E-state index contributed by atoms with van der Waals surface area (Å²) in [6.45, 7) is 0.